The van der Waals surface area contributed by atoms with Crippen molar-refractivity contribution in [1.82, 2.24) is 4.57 Å². The lowest BCUT2D eigenvalue weighted by Gasteiger charge is -2.10. The van der Waals surface area contributed by atoms with Crippen molar-refractivity contribution in [1.29, 1.82) is 0 Å². The summed E-state index contributed by atoms with van der Waals surface area (Å²) < 4.78 is 42.0. The third-order valence-corrected chi connectivity index (χ3v) is 5.95. The molecular weight excluding hydrogens is 560 g/mol. The molecule has 0 spiro atoms. The van der Waals surface area contributed by atoms with Crippen LogP contribution in [0, 0.1) is 21.0 Å². The first-order valence-electron chi connectivity index (χ1n) is 10.4. The number of aromatic nitrogens is 1. The molecule has 0 bridgehead atoms. The molecule has 0 fully saturated rings. The number of nitrogens with zero attached hydrogens (tertiary/aromatic N) is 1. The van der Waals surface area contributed by atoms with Gasteiger partial charge in [-0.3, -0.25) is 14.4 Å². The lowest BCUT2D eigenvalue weighted by molar-refractivity contribution is -0.115. The molecule has 0 saturated heterocycles. The Morgan fingerprint density at radius 2 is 1.82 bits per heavy atom. The number of halogens is 4. The van der Waals surface area contributed by atoms with E-state index in [0.29, 0.717) is 16.4 Å². The first-order valence-corrected chi connectivity index (χ1v) is 11.4. The molecule has 1 aliphatic heterocycles. The highest BCUT2D eigenvalue weighted by Crippen LogP contribution is 2.24. The van der Waals surface area contributed by atoms with Crippen molar-refractivity contribution in [3.63, 3.8) is 0 Å². The second-order valence-corrected chi connectivity index (χ2v) is 9.13. The zero-order chi connectivity index (χ0) is 24.4. The second-order valence-electron chi connectivity index (χ2n) is 7.88. The van der Waals surface area contributed by atoms with Crippen molar-refractivity contribution < 1.29 is 22.8 Å². The van der Waals surface area contributed by atoms with Gasteiger partial charge in [0.05, 0.1) is 18.5 Å². The molecule has 174 valence electrons. The highest BCUT2D eigenvalue weighted by Gasteiger charge is 2.17. The predicted molar refractivity (Wildman–Crippen MR) is 130 cm³/mol. The number of allylic oxidation sites excluding steroid dienone is 1. The van der Waals surface area contributed by atoms with E-state index in [-0.39, 0.29) is 35.8 Å². The molecule has 34 heavy (non-hydrogen) atoms. The van der Waals surface area contributed by atoms with Gasteiger partial charge in [-0.1, -0.05) is 24.3 Å². The Hall–Kier alpha value is -3.21. The van der Waals surface area contributed by atoms with E-state index >= 15 is 0 Å². The summed E-state index contributed by atoms with van der Waals surface area (Å²) in [7, 11) is 0. The van der Waals surface area contributed by atoms with Gasteiger partial charge in [0.25, 0.3) is 5.56 Å². The Bertz CT molecular complexity index is 1380. The third-order valence-electron chi connectivity index (χ3n) is 5.36. The van der Waals surface area contributed by atoms with E-state index in [1.807, 2.05) is 52.9 Å². The smallest absolute Gasteiger partial charge is 0.261 e. The molecule has 4 rings (SSSR count). The molecule has 1 aliphatic rings. The van der Waals surface area contributed by atoms with Crippen LogP contribution in [0.1, 0.15) is 39.9 Å². The monoisotopic (exact) mass is 578 g/mol. The molecule has 0 saturated carbocycles. The normalized spacial score (nSPS) is 12.8. The van der Waals surface area contributed by atoms with Crippen LogP contribution in [0.2, 0.25) is 0 Å². The van der Waals surface area contributed by atoms with Crippen LogP contribution in [0.15, 0.2) is 53.5 Å². The van der Waals surface area contributed by atoms with Crippen molar-refractivity contribution in [3.05, 3.63) is 102 Å². The fraction of sp³-hybridized carbons (Fsp3) is 0.160. The number of benzene rings is 2. The number of fused-ring (bicyclic) bond motifs is 1. The van der Waals surface area contributed by atoms with E-state index in [9.17, 15) is 27.6 Å². The highest BCUT2D eigenvalue weighted by molar-refractivity contribution is 14.1. The lowest BCUT2D eigenvalue weighted by Crippen LogP contribution is -2.27. The fourth-order valence-electron chi connectivity index (χ4n) is 3.72. The van der Waals surface area contributed by atoms with E-state index in [1.54, 1.807) is 0 Å². The summed E-state index contributed by atoms with van der Waals surface area (Å²) in [6, 6.07) is 8.74. The fourth-order valence-corrected chi connectivity index (χ4v) is 4.36. The van der Waals surface area contributed by atoms with Gasteiger partial charge in [0.1, 0.15) is 0 Å². The van der Waals surface area contributed by atoms with Gasteiger partial charge in [0.15, 0.2) is 23.2 Å². The van der Waals surface area contributed by atoms with E-state index in [4.69, 9.17) is 0 Å². The summed E-state index contributed by atoms with van der Waals surface area (Å²) in [4.78, 5) is 37.0. The van der Waals surface area contributed by atoms with Crippen LogP contribution < -0.4 is 10.9 Å². The topological polar surface area (TPSA) is 68.2 Å². The largest absolute Gasteiger partial charge is 0.326 e. The zero-order valence-corrected chi connectivity index (χ0v) is 19.9. The zero-order valence-electron chi connectivity index (χ0n) is 17.7. The molecule has 5 nitrogen and oxygen atoms in total. The van der Waals surface area contributed by atoms with Crippen LogP contribution in [-0.4, -0.2) is 16.3 Å². The van der Waals surface area contributed by atoms with Gasteiger partial charge in [0, 0.05) is 21.9 Å². The number of ketones is 1. The minimum Gasteiger partial charge on any atom is -0.326 e. The quantitative estimate of drug-likeness (QED) is 0.242. The Balaban J connectivity index is 1.45. The van der Waals surface area contributed by atoms with Crippen molar-refractivity contribution in [2.75, 3.05) is 5.32 Å². The van der Waals surface area contributed by atoms with E-state index in [1.165, 1.54) is 16.8 Å². The number of carbonyl (C=O) groups is 2. The Kier molecular flexibility index (Phi) is 7.01. The average molecular weight is 578 g/mol. The number of anilines is 1. The van der Waals surface area contributed by atoms with Crippen molar-refractivity contribution in [2.45, 2.75) is 25.8 Å². The minimum atomic E-state index is -1.58. The van der Waals surface area contributed by atoms with Gasteiger partial charge in [-0.25, -0.2) is 13.2 Å². The molecule has 3 aromatic rings. The Labute approximate surface area is 206 Å². The number of amides is 1. The molecule has 0 unspecified atom stereocenters. The maximum atomic E-state index is 13.5. The summed E-state index contributed by atoms with van der Waals surface area (Å²) in [5, 5.41) is 2.79. The standard InChI is InChI=1S/C25H18F3IN2O3/c26-19-7-15(8-20(27)24(19)28)12-31-13-17(29)11-18(25(31)34)22(32)4-2-1-3-14-5-6-16-10-23(33)30-21(16)9-14/h1,3,5-9,11,13H,2,4,10,12H2,(H,30,33)/b3-1+. The molecule has 0 radical (unpaired) electrons. The maximum Gasteiger partial charge on any atom is 0.261 e. The summed E-state index contributed by atoms with van der Waals surface area (Å²) in [5.74, 6) is -4.67. The Morgan fingerprint density at radius 3 is 2.56 bits per heavy atom. The van der Waals surface area contributed by atoms with E-state index in [0.717, 1.165) is 28.9 Å². The first kappa shape index (κ1) is 23.9. The molecule has 9 heteroatoms. The summed E-state index contributed by atoms with van der Waals surface area (Å²) >= 11 is 1.95. The average Bonchev–Trinajstić information content (AvgIpc) is 3.16. The van der Waals surface area contributed by atoms with E-state index < -0.39 is 23.0 Å². The van der Waals surface area contributed by atoms with Crippen LogP contribution >= 0.6 is 22.6 Å². The Morgan fingerprint density at radius 1 is 1.09 bits per heavy atom. The number of hydrogen-bond acceptors (Lipinski definition) is 3. The van der Waals surface area contributed by atoms with Crippen molar-refractivity contribution in [3.8, 4) is 0 Å². The molecule has 0 atom stereocenters. The number of hydrogen-bond donors (Lipinski definition) is 1. The predicted octanol–water partition coefficient (Wildman–Crippen LogP) is 5.09. The van der Waals surface area contributed by atoms with Crippen molar-refractivity contribution >= 4 is 46.0 Å². The number of rotatable bonds is 7. The van der Waals surface area contributed by atoms with E-state index in [2.05, 4.69) is 5.32 Å². The molecular formula is C25H18F3IN2O3. The summed E-state index contributed by atoms with van der Waals surface area (Å²) in [6.07, 6.45) is 5.96. The van der Waals surface area contributed by atoms with Gasteiger partial charge in [-0.05, 0) is 70.0 Å². The molecule has 1 amide bonds. The van der Waals surface area contributed by atoms with Crippen LogP contribution in [0.25, 0.3) is 6.08 Å². The number of nitrogens with one attached hydrogen (secondary N) is 1. The molecule has 2 aromatic carbocycles. The van der Waals surface area contributed by atoms with Crippen LogP contribution in [0.5, 0.6) is 0 Å². The third kappa shape index (κ3) is 5.30. The van der Waals surface area contributed by atoms with Gasteiger partial charge < -0.3 is 9.88 Å². The SMILES string of the molecule is O=C1Cc2ccc(/C=C/CCC(=O)c3cc(I)cn(Cc4cc(F)c(F)c(F)c4)c3=O)cc2N1. The molecule has 2 heterocycles. The molecule has 1 N–H and O–H groups in total. The molecule has 0 aliphatic carbocycles. The summed E-state index contributed by atoms with van der Waals surface area (Å²) in [6.45, 7) is -0.209. The van der Waals surface area contributed by atoms with Crippen molar-refractivity contribution in [2.24, 2.45) is 0 Å². The number of Topliss-reactive ketones (excluding diaryl/α,β-unsaturated/α-hetero) is 1. The summed E-state index contributed by atoms with van der Waals surface area (Å²) in [5.41, 5.74) is 2.05. The van der Waals surface area contributed by atoms with Gasteiger partial charge in [-0.15, -0.1) is 0 Å². The second kappa shape index (κ2) is 9.96. The maximum absolute atomic E-state index is 13.5. The van der Waals surface area contributed by atoms with Gasteiger partial charge in [-0.2, -0.15) is 0 Å². The van der Waals surface area contributed by atoms with Crippen LogP contribution in [-0.2, 0) is 17.8 Å². The van der Waals surface area contributed by atoms with Crippen LogP contribution in [0.4, 0.5) is 18.9 Å². The lowest BCUT2D eigenvalue weighted by atomic mass is 10.1. The van der Waals surface area contributed by atoms with Gasteiger partial charge in [0.2, 0.25) is 5.91 Å². The number of pyridine rings is 1. The molecule has 1 aromatic heterocycles. The number of carbonyl (C=O) groups excluding carboxylic acids is 2. The highest BCUT2D eigenvalue weighted by atomic mass is 127. The minimum absolute atomic E-state index is 0.0244. The van der Waals surface area contributed by atoms with Crippen LogP contribution in [0.3, 0.4) is 0 Å². The van der Waals surface area contributed by atoms with Gasteiger partial charge >= 0.3 is 0 Å². The first-order chi connectivity index (χ1) is 16.2.